The lowest BCUT2D eigenvalue weighted by Crippen LogP contribution is -2.30. The summed E-state index contributed by atoms with van der Waals surface area (Å²) in [5.74, 6) is 1.79. The second-order valence-corrected chi connectivity index (χ2v) is 7.37. The second kappa shape index (κ2) is 7.50. The Morgan fingerprint density at radius 3 is 2.89 bits per heavy atom. The lowest BCUT2D eigenvalue weighted by atomic mass is 10.2. The molecule has 1 saturated carbocycles. The molecule has 1 aliphatic carbocycles. The van der Waals surface area contributed by atoms with Gasteiger partial charge < -0.3 is 14.5 Å². The fraction of sp³-hybridized carbons (Fsp3) is 0.500. The molecule has 0 bridgehead atoms. The Balaban J connectivity index is 1.39. The minimum atomic E-state index is -0.152. The van der Waals surface area contributed by atoms with Crippen LogP contribution in [0.1, 0.15) is 62.8 Å². The average Bonchev–Trinajstić information content (AvgIpc) is 3.38. The van der Waals surface area contributed by atoms with Gasteiger partial charge in [-0.1, -0.05) is 25.0 Å². The molecule has 0 radical (unpaired) electrons. The number of hydrogen-bond donors (Lipinski definition) is 1. The van der Waals surface area contributed by atoms with Gasteiger partial charge in [0.05, 0.1) is 17.1 Å². The van der Waals surface area contributed by atoms with Crippen molar-refractivity contribution in [1.82, 2.24) is 29.6 Å². The predicted molar refractivity (Wildman–Crippen MR) is 103 cm³/mol. The molecule has 0 saturated heterocycles. The third kappa shape index (κ3) is 3.59. The summed E-state index contributed by atoms with van der Waals surface area (Å²) in [6, 6.07) is 8.33. The van der Waals surface area contributed by atoms with Gasteiger partial charge in [0.15, 0.2) is 5.82 Å². The van der Waals surface area contributed by atoms with Gasteiger partial charge in [-0.2, -0.15) is 0 Å². The largest absolute Gasteiger partial charge is 0.346 e. The van der Waals surface area contributed by atoms with Gasteiger partial charge in [-0.15, -0.1) is 10.2 Å². The molecular weight excluding hydrogens is 340 g/mol. The van der Waals surface area contributed by atoms with Crippen molar-refractivity contribution in [2.45, 2.75) is 64.6 Å². The van der Waals surface area contributed by atoms with Gasteiger partial charge in [0.25, 0.3) is 0 Å². The standard InChI is InChI=1S/C20H26N6O/c1-14(20-24-21-13-26(20)16-7-3-4-8-16)22-19(27)11-12-25-15(2)23-17-9-5-6-10-18(17)25/h5-6,9-10,13-14,16H,3-4,7-8,11-12H2,1-2H3,(H,22,27). The van der Waals surface area contributed by atoms with Crippen LogP contribution in [-0.4, -0.2) is 30.2 Å². The topological polar surface area (TPSA) is 77.6 Å². The molecule has 2 heterocycles. The number of benzene rings is 1. The van der Waals surface area contributed by atoms with Gasteiger partial charge in [-0.3, -0.25) is 4.79 Å². The van der Waals surface area contributed by atoms with E-state index in [1.165, 1.54) is 25.7 Å². The van der Waals surface area contributed by atoms with E-state index < -0.39 is 0 Å². The average molecular weight is 366 g/mol. The van der Waals surface area contributed by atoms with Crippen LogP contribution in [0.15, 0.2) is 30.6 Å². The molecule has 4 rings (SSSR count). The fourth-order valence-electron chi connectivity index (χ4n) is 4.10. The summed E-state index contributed by atoms with van der Waals surface area (Å²) in [5.41, 5.74) is 2.03. The van der Waals surface area contributed by atoms with E-state index in [2.05, 4.69) is 29.6 Å². The number of carbonyl (C=O) groups is 1. The zero-order chi connectivity index (χ0) is 18.8. The van der Waals surface area contributed by atoms with Crippen molar-refractivity contribution < 1.29 is 4.79 Å². The van der Waals surface area contributed by atoms with Gasteiger partial charge in [0, 0.05) is 19.0 Å². The monoisotopic (exact) mass is 366 g/mol. The van der Waals surface area contributed by atoms with E-state index in [4.69, 9.17) is 0 Å². The third-order valence-electron chi connectivity index (χ3n) is 5.49. The van der Waals surface area contributed by atoms with Crippen LogP contribution in [0.3, 0.4) is 0 Å². The van der Waals surface area contributed by atoms with Gasteiger partial charge in [0.1, 0.15) is 12.2 Å². The highest BCUT2D eigenvalue weighted by Gasteiger charge is 2.23. The predicted octanol–water partition coefficient (Wildman–Crippen LogP) is 3.32. The van der Waals surface area contributed by atoms with Crippen molar-refractivity contribution in [3.05, 3.63) is 42.2 Å². The maximum atomic E-state index is 12.5. The quantitative estimate of drug-likeness (QED) is 0.726. The first-order chi connectivity index (χ1) is 13.1. The van der Waals surface area contributed by atoms with E-state index >= 15 is 0 Å². The van der Waals surface area contributed by atoms with E-state index in [9.17, 15) is 4.79 Å². The number of hydrogen-bond acceptors (Lipinski definition) is 4. The number of nitrogens with zero attached hydrogens (tertiary/aromatic N) is 5. The SMILES string of the molecule is Cc1nc2ccccc2n1CCC(=O)NC(C)c1nncn1C1CCCC1. The Morgan fingerprint density at radius 2 is 2.07 bits per heavy atom. The number of fused-ring (bicyclic) bond motifs is 1. The van der Waals surface area contributed by atoms with Crippen molar-refractivity contribution in [2.75, 3.05) is 0 Å². The van der Waals surface area contributed by atoms with Gasteiger partial charge in [0.2, 0.25) is 5.91 Å². The lowest BCUT2D eigenvalue weighted by Gasteiger charge is -2.19. The van der Waals surface area contributed by atoms with E-state index in [1.807, 2.05) is 38.1 Å². The van der Waals surface area contributed by atoms with Crippen LogP contribution < -0.4 is 5.32 Å². The molecule has 7 nitrogen and oxygen atoms in total. The van der Waals surface area contributed by atoms with Crippen molar-refractivity contribution in [3.63, 3.8) is 0 Å². The number of aromatic nitrogens is 5. The highest BCUT2D eigenvalue weighted by atomic mass is 16.1. The summed E-state index contributed by atoms with van der Waals surface area (Å²) >= 11 is 0. The summed E-state index contributed by atoms with van der Waals surface area (Å²) < 4.78 is 4.24. The van der Waals surface area contributed by atoms with Gasteiger partial charge in [-0.05, 0) is 38.8 Å². The zero-order valence-corrected chi connectivity index (χ0v) is 15.9. The van der Waals surface area contributed by atoms with Crippen molar-refractivity contribution in [3.8, 4) is 0 Å². The molecule has 1 atom stereocenters. The molecule has 142 valence electrons. The first-order valence-corrected chi connectivity index (χ1v) is 9.74. The molecule has 0 aliphatic heterocycles. The molecule has 1 unspecified atom stereocenters. The number of carbonyl (C=O) groups excluding carboxylic acids is 1. The number of nitrogens with one attached hydrogen (secondary N) is 1. The normalized spacial score (nSPS) is 16.1. The minimum absolute atomic E-state index is 0.0145. The number of amides is 1. The van der Waals surface area contributed by atoms with E-state index in [0.29, 0.717) is 19.0 Å². The summed E-state index contributed by atoms with van der Waals surface area (Å²) in [5, 5.41) is 11.4. The van der Waals surface area contributed by atoms with Crippen LogP contribution in [0.25, 0.3) is 11.0 Å². The molecule has 1 aromatic carbocycles. The van der Waals surface area contributed by atoms with E-state index in [-0.39, 0.29) is 11.9 Å². The van der Waals surface area contributed by atoms with Crippen molar-refractivity contribution >= 4 is 16.9 Å². The molecule has 0 spiro atoms. The molecule has 1 amide bonds. The molecule has 2 aromatic heterocycles. The molecule has 1 aliphatic rings. The number of rotatable bonds is 6. The molecule has 7 heteroatoms. The van der Waals surface area contributed by atoms with Crippen LogP contribution in [-0.2, 0) is 11.3 Å². The highest BCUT2D eigenvalue weighted by Crippen LogP contribution is 2.31. The highest BCUT2D eigenvalue weighted by molar-refractivity contribution is 5.78. The first kappa shape index (κ1) is 17.7. The summed E-state index contributed by atoms with van der Waals surface area (Å²) in [6.45, 7) is 4.57. The number of aryl methyl sites for hydroxylation is 2. The Morgan fingerprint density at radius 1 is 1.30 bits per heavy atom. The van der Waals surface area contributed by atoms with Crippen LogP contribution in [0.5, 0.6) is 0 Å². The minimum Gasteiger partial charge on any atom is -0.346 e. The molecular formula is C20H26N6O. The maximum absolute atomic E-state index is 12.5. The van der Waals surface area contributed by atoms with Crippen LogP contribution in [0, 0.1) is 6.92 Å². The first-order valence-electron chi connectivity index (χ1n) is 9.74. The molecule has 1 fully saturated rings. The van der Waals surface area contributed by atoms with Crippen molar-refractivity contribution in [1.29, 1.82) is 0 Å². The second-order valence-electron chi connectivity index (χ2n) is 7.37. The Hall–Kier alpha value is -2.70. The van der Waals surface area contributed by atoms with Crippen LogP contribution in [0.4, 0.5) is 0 Å². The molecule has 27 heavy (non-hydrogen) atoms. The maximum Gasteiger partial charge on any atom is 0.222 e. The summed E-state index contributed by atoms with van der Waals surface area (Å²) in [4.78, 5) is 17.1. The Kier molecular flexibility index (Phi) is 4.92. The van der Waals surface area contributed by atoms with Crippen LogP contribution >= 0.6 is 0 Å². The summed E-state index contributed by atoms with van der Waals surface area (Å²) in [7, 11) is 0. The Labute approximate surface area is 158 Å². The van der Waals surface area contributed by atoms with E-state index in [0.717, 1.165) is 22.7 Å². The smallest absolute Gasteiger partial charge is 0.222 e. The fourth-order valence-corrected chi connectivity index (χ4v) is 4.10. The van der Waals surface area contributed by atoms with E-state index in [1.54, 1.807) is 6.33 Å². The Bertz CT molecular complexity index is 937. The van der Waals surface area contributed by atoms with Crippen molar-refractivity contribution in [2.24, 2.45) is 0 Å². The van der Waals surface area contributed by atoms with Crippen LogP contribution in [0.2, 0.25) is 0 Å². The van der Waals surface area contributed by atoms with Gasteiger partial charge >= 0.3 is 0 Å². The summed E-state index contributed by atoms with van der Waals surface area (Å²) in [6.07, 6.45) is 7.04. The van der Waals surface area contributed by atoms with Gasteiger partial charge in [-0.25, -0.2) is 4.98 Å². The number of imidazole rings is 1. The zero-order valence-electron chi connectivity index (χ0n) is 15.9. The lowest BCUT2D eigenvalue weighted by molar-refractivity contribution is -0.122. The third-order valence-corrected chi connectivity index (χ3v) is 5.49. The molecule has 1 N–H and O–H groups in total. The number of para-hydroxylation sites is 2. The molecule has 3 aromatic rings.